The Morgan fingerprint density at radius 2 is 0.832 bits per heavy atom. The Morgan fingerprint density at radius 1 is 0.523 bits per heavy atom. The molecule has 3 amide bonds. The zero-order valence-electron chi connectivity index (χ0n) is 64.5. The number of nitrogens with zero attached hydrogens (tertiary/aromatic N) is 19. The Hall–Kier alpha value is -7.19. The molecule has 3 aliphatic rings. The van der Waals surface area contributed by atoms with Crippen LogP contribution in [-0.2, 0) is 52.9 Å². The number of imide groups is 1. The number of amides is 3. The number of halogens is 1. The average molecular weight is 1560 g/mol. The van der Waals surface area contributed by atoms with Gasteiger partial charge >= 0.3 is 158 Å². The second-order valence-corrected chi connectivity index (χ2v) is 25.7. The van der Waals surface area contributed by atoms with Crippen LogP contribution in [0.5, 0.6) is 0 Å². The van der Waals surface area contributed by atoms with Gasteiger partial charge in [0.25, 0.3) is 6.47 Å². The van der Waals surface area contributed by atoms with Crippen molar-refractivity contribution in [1.82, 2.24) is 74.9 Å². The molecule has 570 valence electrons. The van der Waals surface area contributed by atoms with Gasteiger partial charge in [0.15, 0.2) is 0 Å². The van der Waals surface area contributed by atoms with Gasteiger partial charge in [-0.25, -0.2) is 83.5 Å². The predicted octanol–water partition coefficient (Wildman–Crippen LogP) is -5.02. The van der Waals surface area contributed by atoms with E-state index in [1.165, 1.54) is 23.5 Å². The molecule has 3 saturated heterocycles. The number of aryl methyl sites for hydroxylation is 1. The normalized spacial score (nSPS) is 13.1. The van der Waals surface area contributed by atoms with Crippen molar-refractivity contribution in [3.8, 4) is 0 Å². The van der Waals surface area contributed by atoms with Crippen LogP contribution in [0.1, 0.15) is 132 Å². The van der Waals surface area contributed by atoms with Crippen molar-refractivity contribution in [2.24, 2.45) is 0 Å². The average Bonchev–Trinajstić information content (AvgIpc) is 0.823. The number of aromatic carboxylic acids is 1. The van der Waals surface area contributed by atoms with Crippen molar-refractivity contribution in [2.45, 2.75) is 119 Å². The first-order valence-electron chi connectivity index (χ1n) is 32.5. The number of hydrogen-bond acceptors (Lipinski definition) is 36. The summed E-state index contributed by atoms with van der Waals surface area (Å²) in [7, 11) is 1.71. The van der Waals surface area contributed by atoms with Gasteiger partial charge < -0.3 is 97.8 Å². The maximum absolute atomic E-state index is 12.8. The first kappa shape index (κ1) is 97.8. The van der Waals surface area contributed by atoms with E-state index in [2.05, 4.69) is 86.7 Å². The zero-order valence-corrected chi connectivity index (χ0v) is 70.5. The summed E-state index contributed by atoms with van der Waals surface area (Å²) in [5.74, 6) is 0.667. The van der Waals surface area contributed by atoms with Gasteiger partial charge in [-0.2, -0.15) is 9.97 Å². The van der Waals surface area contributed by atoms with Gasteiger partial charge in [-0.3, -0.25) is 4.79 Å². The van der Waals surface area contributed by atoms with Crippen molar-refractivity contribution in [2.75, 3.05) is 140 Å². The third-order valence-corrected chi connectivity index (χ3v) is 14.1. The fourth-order valence-electron chi connectivity index (χ4n) is 9.00. The summed E-state index contributed by atoms with van der Waals surface area (Å²) in [5.41, 5.74) is 17.7. The molecule has 9 rings (SSSR count). The number of carbonyl (C=O) groups is 7. The molecule has 3 fully saturated rings. The molecule has 0 bridgehead atoms. The number of hydrogen-bond donors (Lipinski definition) is 5. The summed E-state index contributed by atoms with van der Waals surface area (Å²) in [6.07, 6.45) is 13.2. The van der Waals surface area contributed by atoms with E-state index in [1.807, 2.05) is 47.9 Å². The van der Waals surface area contributed by atoms with E-state index >= 15 is 0 Å². The Labute approximate surface area is 724 Å². The maximum atomic E-state index is 12.8. The van der Waals surface area contributed by atoms with Crippen molar-refractivity contribution in [1.29, 1.82) is 0 Å². The smallest absolute Gasteiger partial charge is 1.00 e. The van der Waals surface area contributed by atoms with Crippen LogP contribution >= 0.6 is 11.6 Å². The number of aromatic nitrogens is 12. The Bertz CT molecular complexity index is 3740. The quantitative estimate of drug-likeness (QED) is 0.0115. The summed E-state index contributed by atoms with van der Waals surface area (Å²) in [6, 6.07) is 0. The van der Waals surface area contributed by atoms with Gasteiger partial charge in [-0.15, -0.1) is 0 Å². The topological polar surface area (TPSA) is 516 Å². The number of anilines is 8. The summed E-state index contributed by atoms with van der Waals surface area (Å²) in [6.45, 7) is 30.9. The number of ether oxygens (including phenoxy) is 5. The maximum Gasteiger partial charge on any atom is 1.00 e. The second kappa shape index (κ2) is 47.7. The number of carboxylic acid groups (broad SMARTS) is 1. The SMILES string of the molecule is CCOC(=O)c1cnc(Cl)nc1N.CCOC(=O)c1cnc(N2CCN(c3ncc(CN(C(=O)OC(C)(C)C)C(=O)OC(C)(C)C)cn3)CC2)nc1N.CCc1cnc(N2CCN(c3ncc(C(=O)O)c(N)n3)CC2)nc1.CN(Cc1cnc(N2CCNCC2)nc1)C(=O)OC(C)(C)C.O=CO[O-].[H-].[K+].[K+].[Li+].[OH-]. The number of nitrogens with one attached hydrogen (secondary N) is 1. The Morgan fingerprint density at radius 3 is 1.16 bits per heavy atom. The van der Waals surface area contributed by atoms with Crippen molar-refractivity contribution >= 4 is 101 Å². The molecule has 0 spiro atoms. The van der Waals surface area contributed by atoms with Crippen LogP contribution in [0, 0.1) is 0 Å². The fourth-order valence-corrected chi connectivity index (χ4v) is 9.14. The molecule has 107 heavy (non-hydrogen) atoms. The van der Waals surface area contributed by atoms with Crippen molar-refractivity contribution < 1.29 is 201 Å². The minimum absolute atomic E-state index is 0. The molecule has 0 saturated carbocycles. The van der Waals surface area contributed by atoms with Gasteiger partial charge in [0, 0.05) is 152 Å². The number of nitrogens with two attached hydrogens (primary N) is 3. The van der Waals surface area contributed by atoms with Crippen LogP contribution in [0.25, 0.3) is 0 Å². The monoisotopic (exact) mass is 1560 g/mol. The van der Waals surface area contributed by atoms with Crippen LogP contribution in [0.3, 0.4) is 0 Å². The van der Waals surface area contributed by atoms with E-state index in [1.54, 1.807) is 87.2 Å². The van der Waals surface area contributed by atoms with Crippen LogP contribution in [0.2, 0.25) is 5.28 Å². The number of nitrogen functional groups attached to an aromatic ring is 3. The molecular formula is C64H93ClK2LiN23O16. The minimum Gasteiger partial charge on any atom is -1.00 e. The molecule has 0 aliphatic carbocycles. The van der Waals surface area contributed by atoms with Gasteiger partial charge in [0.05, 0.1) is 26.3 Å². The fraction of sp³-hybridized carbons (Fsp3) is 0.516. The van der Waals surface area contributed by atoms with Gasteiger partial charge in [-0.05, 0) is 99.7 Å². The van der Waals surface area contributed by atoms with Crippen molar-refractivity contribution in [3.63, 3.8) is 0 Å². The van der Waals surface area contributed by atoms with Crippen LogP contribution in [0.15, 0.2) is 55.8 Å². The first-order valence-corrected chi connectivity index (χ1v) is 32.9. The molecule has 6 aromatic rings. The second-order valence-electron chi connectivity index (χ2n) is 25.4. The summed E-state index contributed by atoms with van der Waals surface area (Å²) in [4.78, 5) is 146. The Kier molecular flexibility index (Phi) is 43.6. The molecule has 0 aromatic carbocycles. The first-order chi connectivity index (χ1) is 48.7. The molecule has 6 aromatic heterocycles. The van der Waals surface area contributed by atoms with Crippen molar-refractivity contribution in [3.05, 3.63) is 94.4 Å². The van der Waals surface area contributed by atoms with Gasteiger partial charge in [-0.1, -0.05) is 6.92 Å². The largest absolute Gasteiger partial charge is 1.00 e. The summed E-state index contributed by atoms with van der Waals surface area (Å²) < 4.78 is 25.8. The predicted molar refractivity (Wildman–Crippen MR) is 379 cm³/mol. The molecule has 43 heteroatoms. The third kappa shape index (κ3) is 33.7. The molecule has 9 heterocycles. The van der Waals surface area contributed by atoms with E-state index in [0.29, 0.717) is 75.2 Å². The van der Waals surface area contributed by atoms with E-state index in [-0.39, 0.29) is 200 Å². The van der Waals surface area contributed by atoms with Crippen LogP contribution in [-0.4, -0.2) is 238 Å². The van der Waals surface area contributed by atoms with E-state index in [9.17, 15) is 28.8 Å². The van der Waals surface area contributed by atoms with E-state index in [0.717, 1.165) is 67.7 Å². The molecule has 3 aliphatic heterocycles. The third-order valence-electron chi connectivity index (χ3n) is 13.9. The number of esters is 2. The summed E-state index contributed by atoms with van der Waals surface area (Å²) >= 11 is 5.44. The minimum atomic E-state index is -1.13. The number of carboxylic acids is 1. The van der Waals surface area contributed by atoms with Crippen LogP contribution in [0.4, 0.5) is 61.6 Å². The number of piperazine rings is 3. The zero-order chi connectivity index (χ0) is 76.2. The molecule has 0 radical (unpaired) electrons. The van der Waals surface area contributed by atoms with Gasteiger partial charge in [0.1, 0.15) is 50.9 Å². The molecular weight excluding hydrogens is 1470 g/mol. The van der Waals surface area contributed by atoms with E-state index < -0.39 is 46.9 Å². The van der Waals surface area contributed by atoms with E-state index in [4.69, 9.17) is 67.6 Å². The number of carbonyl (C=O) groups excluding carboxylic acids is 6. The Balaban J connectivity index is 0.00000146. The molecule has 0 atom stereocenters. The standard InChI is InChI=1S/C26H38N8O6.C15H19N7O2.C15H25N5O2.C7H8ClN3O2.CH2O3.2K.Li.H2O.H/c1-8-38-20(35)18-15-30-22(31-19(18)27)33-11-9-32(10-12-33)21-28-13-17(14-29-21)16-34(23(36)39-25(2,3)4)24(37)40-26(5,6)7;1-2-10-7-17-14(18-8-10)21-3-5-22(6-4-21)15-19-9-11(13(23)24)12(16)20-15;1-15(2,3)22-14(21)19(4)11-12-9-17-13(18-10-12)20-7-5-16-6-8-20;1-2-13-6(12)4-3-10-7(8)11-5(4)9;2-1-4-3;;;;;/h13-15H,8-12,16H2,1-7H3,(H2,27,30,31);7-9H,2-6H2,1H3,(H,23,24)(H2,16,19,20);9-10,16H,5-8,11H2,1-4H3;3H,2H2,1H3,(H2,9,10,11);1,3H;;;;1H2;/q;;;;;3*+1;;-1/p-2. The summed E-state index contributed by atoms with van der Waals surface area (Å²) in [5, 5.41) is 20.7. The molecule has 0 unspecified atom stereocenters. The molecule has 9 N–H and O–H groups in total. The van der Waals surface area contributed by atoms with Gasteiger partial charge in [0.2, 0.25) is 35.0 Å². The number of rotatable bonds is 16. The van der Waals surface area contributed by atoms with Crippen LogP contribution < -0.4 is 174 Å². The molecule has 39 nitrogen and oxygen atoms in total.